The maximum atomic E-state index is 11.0. The molecule has 0 spiro atoms. The van der Waals surface area contributed by atoms with Crippen molar-refractivity contribution < 1.29 is 4.79 Å². The van der Waals surface area contributed by atoms with E-state index in [1.165, 1.54) is 5.56 Å². The SMILES string of the molecule is CC(=O)NC1CCN(c2ccc(C)cc2N)CC1. The zero-order valence-corrected chi connectivity index (χ0v) is 11.1. The van der Waals surface area contributed by atoms with Crippen LogP contribution >= 0.6 is 0 Å². The lowest BCUT2D eigenvalue weighted by Crippen LogP contribution is -2.44. The van der Waals surface area contributed by atoms with Crippen molar-refractivity contribution in [2.45, 2.75) is 32.7 Å². The monoisotopic (exact) mass is 247 g/mol. The largest absolute Gasteiger partial charge is 0.397 e. The van der Waals surface area contributed by atoms with Crippen molar-refractivity contribution in [3.05, 3.63) is 23.8 Å². The number of anilines is 2. The molecular formula is C14H21N3O. The molecule has 0 unspecified atom stereocenters. The van der Waals surface area contributed by atoms with Crippen molar-refractivity contribution in [2.24, 2.45) is 0 Å². The molecule has 1 aliphatic rings. The molecule has 1 aromatic carbocycles. The molecule has 0 bridgehead atoms. The lowest BCUT2D eigenvalue weighted by atomic mass is 10.0. The van der Waals surface area contributed by atoms with Crippen molar-refractivity contribution in [1.29, 1.82) is 0 Å². The lowest BCUT2D eigenvalue weighted by molar-refractivity contribution is -0.119. The molecular weight excluding hydrogens is 226 g/mol. The van der Waals surface area contributed by atoms with E-state index in [2.05, 4.69) is 22.3 Å². The number of benzene rings is 1. The minimum Gasteiger partial charge on any atom is -0.397 e. The van der Waals surface area contributed by atoms with Crippen molar-refractivity contribution in [2.75, 3.05) is 23.7 Å². The Labute approximate surface area is 108 Å². The lowest BCUT2D eigenvalue weighted by Gasteiger charge is -2.34. The Kier molecular flexibility index (Phi) is 3.75. The van der Waals surface area contributed by atoms with Crippen molar-refractivity contribution in [3.63, 3.8) is 0 Å². The van der Waals surface area contributed by atoms with Gasteiger partial charge in [-0.2, -0.15) is 0 Å². The zero-order chi connectivity index (χ0) is 13.1. The van der Waals surface area contributed by atoms with Crippen LogP contribution in [0.15, 0.2) is 18.2 Å². The summed E-state index contributed by atoms with van der Waals surface area (Å²) in [6.07, 6.45) is 1.96. The molecule has 2 rings (SSSR count). The summed E-state index contributed by atoms with van der Waals surface area (Å²) in [7, 11) is 0. The average Bonchev–Trinajstić information content (AvgIpc) is 2.30. The number of piperidine rings is 1. The van der Waals surface area contributed by atoms with Gasteiger partial charge in [-0.25, -0.2) is 0 Å². The minimum atomic E-state index is 0.0586. The molecule has 4 nitrogen and oxygen atoms in total. The van der Waals surface area contributed by atoms with Crippen molar-refractivity contribution in [3.8, 4) is 0 Å². The molecule has 0 radical (unpaired) electrons. The summed E-state index contributed by atoms with van der Waals surface area (Å²) in [6, 6.07) is 6.50. The highest BCUT2D eigenvalue weighted by Gasteiger charge is 2.20. The van der Waals surface area contributed by atoms with Crippen LogP contribution in [0.25, 0.3) is 0 Å². The van der Waals surface area contributed by atoms with Crippen molar-refractivity contribution >= 4 is 17.3 Å². The van der Waals surface area contributed by atoms with Gasteiger partial charge in [0, 0.05) is 26.1 Å². The predicted octanol–water partition coefficient (Wildman–Crippen LogP) is 1.68. The Morgan fingerprint density at radius 2 is 2.06 bits per heavy atom. The number of amides is 1. The van der Waals surface area contributed by atoms with Gasteiger partial charge in [0.15, 0.2) is 0 Å². The number of hydrogen-bond acceptors (Lipinski definition) is 3. The molecule has 3 N–H and O–H groups in total. The smallest absolute Gasteiger partial charge is 0.217 e. The van der Waals surface area contributed by atoms with E-state index in [0.29, 0.717) is 6.04 Å². The minimum absolute atomic E-state index is 0.0586. The standard InChI is InChI=1S/C14H21N3O/c1-10-3-4-14(13(15)9-10)17-7-5-12(6-8-17)16-11(2)18/h3-4,9,12H,5-8,15H2,1-2H3,(H,16,18). The topological polar surface area (TPSA) is 58.4 Å². The number of nitrogens with one attached hydrogen (secondary N) is 1. The molecule has 1 saturated heterocycles. The van der Waals surface area contributed by atoms with E-state index < -0.39 is 0 Å². The highest BCUT2D eigenvalue weighted by molar-refractivity contribution is 5.73. The number of nitrogens with zero attached hydrogens (tertiary/aromatic N) is 1. The third-order valence-corrected chi connectivity index (χ3v) is 3.43. The van der Waals surface area contributed by atoms with E-state index in [9.17, 15) is 4.79 Å². The summed E-state index contributed by atoms with van der Waals surface area (Å²) in [4.78, 5) is 13.3. The Bertz CT molecular complexity index is 437. The van der Waals surface area contributed by atoms with Gasteiger partial charge in [0.25, 0.3) is 0 Å². The van der Waals surface area contributed by atoms with Crippen LogP contribution in [0.3, 0.4) is 0 Å². The van der Waals surface area contributed by atoms with Gasteiger partial charge in [0.05, 0.1) is 11.4 Å². The van der Waals surface area contributed by atoms with Crippen LogP contribution < -0.4 is 16.0 Å². The van der Waals surface area contributed by atoms with Gasteiger partial charge in [0.2, 0.25) is 5.91 Å². The Morgan fingerprint density at radius 1 is 1.39 bits per heavy atom. The summed E-state index contributed by atoms with van der Waals surface area (Å²) < 4.78 is 0. The van der Waals surface area contributed by atoms with E-state index in [4.69, 9.17) is 5.73 Å². The number of carbonyl (C=O) groups is 1. The number of nitrogens with two attached hydrogens (primary N) is 1. The Balaban J connectivity index is 1.99. The summed E-state index contributed by atoms with van der Waals surface area (Å²) in [5.41, 5.74) is 9.19. The van der Waals surface area contributed by atoms with E-state index in [1.807, 2.05) is 13.0 Å². The molecule has 1 amide bonds. The quantitative estimate of drug-likeness (QED) is 0.782. The van der Waals surface area contributed by atoms with Crippen LogP contribution in [-0.2, 0) is 4.79 Å². The van der Waals surface area contributed by atoms with Gasteiger partial charge in [0.1, 0.15) is 0 Å². The van der Waals surface area contributed by atoms with Gasteiger partial charge in [-0.15, -0.1) is 0 Å². The molecule has 0 atom stereocenters. The highest BCUT2D eigenvalue weighted by Crippen LogP contribution is 2.27. The number of carbonyl (C=O) groups excluding carboxylic acids is 1. The molecule has 4 heteroatoms. The first-order valence-corrected chi connectivity index (χ1v) is 6.44. The van der Waals surface area contributed by atoms with Gasteiger partial charge < -0.3 is 16.0 Å². The number of aryl methyl sites for hydroxylation is 1. The molecule has 1 aliphatic heterocycles. The maximum Gasteiger partial charge on any atom is 0.217 e. The molecule has 0 saturated carbocycles. The predicted molar refractivity (Wildman–Crippen MR) is 74.6 cm³/mol. The van der Waals surface area contributed by atoms with Crippen molar-refractivity contribution in [1.82, 2.24) is 5.32 Å². The van der Waals surface area contributed by atoms with E-state index in [0.717, 1.165) is 37.3 Å². The van der Waals surface area contributed by atoms with E-state index in [1.54, 1.807) is 6.92 Å². The molecule has 1 heterocycles. The van der Waals surface area contributed by atoms with Gasteiger partial charge in [-0.05, 0) is 37.5 Å². The molecule has 0 aliphatic carbocycles. The second kappa shape index (κ2) is 5.29. The zero-order valence-electron chi connectivity index (χ0n) is 11.1. The maximum absolute atomic E-state index is 11.0. The van der Waals surface area contributed by atoms with Crippen LogP contribution in [0.4, 0.5) is 11.4 Å². The van der Waals surface area contributed by atoms with Crippen LogP contribution in [0, 0.1) is 6.92 Å². The molecule has 1 aromatic rings. The van der Waals surface area contributed by atoms with E-state index in [-0.39, 0.29) is 5.91 Å². The fourth-order valence-electron chi connectivity index (χ4n) is 2.51. The normalized spacial score (nSPS) is 16.7. The highest BCUT2D eigenvalue weighted by atomic mass is 16.1. The third-order valence-electron chi connectivity index (χ3n) is 3.43. The second-order valence-electron chi connectivity index (χ2n) is 5.02. The number of rotatable bonds is 2. The van der Waals surface area contributed by atoms with Crippen LogP contribution in [0.1, 0.15) is 25.3 Å². The molecule has 18 heavy (non-hydrogen) atoms. The van der Waals surface area contributed by atoms with Crippen LogP contribution in [0.2, 0.25) is 0 Å². The van der Waals surface area contributed by atoms with Gasteiger partial charge in [-0.1, -0.05) is 6.07 Å². The third kappa shape index (κ3) is 2.94. The summed E-state index contributed by atoms with van der Waals surface area (Å²) in [5.74, 6) is 0.0586. The first kappa shape index (κ1) is 12.7. The van der Waals surface area contributed by atoms with Crippen LogP contribution in [0.5, 0.6) is 0 Å². The molecule has 0 aromatic heterocycles. The molecule has 98 valence electrons. The second-order valence-corrected chi connectivity index (χ2v) is 5.02. The average molecular weight is 247 g/mol. The van der Waals surface area contributed by atoms with Crippen LogP contribution in [-0.4, -0.2) is 25.0 Å². The van der Waals surface area contributed by atoms with Gasteiger partial charge in [-0.3, -0.25) is 4.79 Å². The summed E-state index contributed by atoms with van der Waals surface area (Å²) >= 11 is 0. The first-order valence-electron chi connectivity index (χ1n) is 6.44. The molecule has 1 fully saturated rings. The first-order chi connectivity index (χ1) is 8.56. The fraction of sp³-hybridized carbons (Fsp3) is 0.500. The Morgan fingerprint density at radius 3 is 2.61 bits per heavy atom. The summed E-state index contributed by atoms with van der Waals surface area (Å²) in [5, 5.41) is 2.98. The van der Waals surface area contributed by atoms with Gasteiger partial charge >= 0.3 is 0 Å². The number of nitrogen functional groups attached to an aromatic ring is 1. The fourth-order valence-corrected chi connectivity index (χ4v) is 2.51. The Hall–Kier alpha value is -1.71. The number of hydrogen-bond donors (Lipinski definition) is 2. The summed E-state index contributed by atoms with van der Waals surface area (Å²) in [6.45, 7) is 5.50. The van der Waals surface area contributed by atoms with E-state index >= 15 is 0 Å².